The SMILES string of the molecule is CCCCC1=C2C=CC=C2N=[C]1. The first kappa shape index (κ1) is 7.53. The maximum absolute atomic E-state index is 4.21. The van der Waals surface area contributed by atoms with Crippen molar-refractivity contribution in [1.29, 1.82) is 0 Å². The molecule has 2 rings (SSSR count). The van der Waals surface area contributed by atoms with Crippen LogP contribution < -0.4 is 0 Å². The minimum absolute atomic E-state index is 1.10. The Labute approximate surface area is 73.2 Å². The number of allylic oxidation sites excluding steroid dienone is 4. The van der Waals surface area contributed by atoms with Crippen LogP contribution in [0.5, 0.6) is 0 Å². The maximum Gasteiger partial charge on any atom is 0.0935 e. The quantitative estimate of drug-likeness (QED) is 0.599. The van der Waals surface area contributed by atoms with E-state index in [4.69, 9.17) is 0 Å². The van der Waals surface area contributed by atoms with Gasteiger partial charge in [0.1, 0.15) is 0 Å². The highest BCUT2D eigenvalue weighted by molar-refractivity contribution is 5.88. The van der Waals surface area contributed by atoms with E-state index in [1.807, 2.05) is 6.08 Å². The van der Waals surface area contributed by atoms with Crippen LogP contribution in [-0.4, -0.2) is 6.21 Å². The van der Waals surface area contributed by atoms with Gasteiger partial charge in [0.25, 0.3) is 0 Å². The lowest BCUT2D eigenvalue weighted by Crippen LogP contribution is -1.84. The number of hydrogen-bond acceptors (Lipinski definition) is 1. The van der Waals surface area contributed by atoms with Crippen LogP contribution >= 0.6 is 0 Å². The van der Waals surface area contributed by atoms with Crippen molar-refractivity contribution in [3.63, 3.8) is 0 Å². The number of fused-ring (bicyclic) bond motifs is 1. The molecule has 1 aliphatic heterocycles. The summed E-state index contributed by atoms with van der Waals surface area (Å²) in [6.07, 6.45) is 12.9. The summed E-state index contributed by atoms with van der Waals surface area (Å²) in [5.74, 6) is 0. The van der Waals surface area contributed by atoms with Crippen LogP contribution in [0.15, 0.2) is 40.1 Å². The standard InChI is InChI=1S/C11H12N/c1-2-3-5-9-8-12-11-7-4-6-10(9)11/h4,6-7H,2-3,5H2,1H3. The number of unbranched alkanes of at least 4 members (excludes halogenated alkanes) is 1. The molecule has 2 aliphatic rings. The van der Waals surface area contributed by atoms with E-state index in [2.05, 4.69) is 30.3 Å². The van der Waals surface area contributed by atoms with Crippen molar-refractivity contribution in [2.45, 2.75) is 26.2 Å². The van der Waals surface area contributed by atoms with E-state index < -0.39 is 0 Å². The third kappa shape index (κ3) is 1.15. The van der Waals surface area contributed by atoms with E-state index in [1.54, 1.807) is 0 Å². The molecule has 0 aromatic rings. The summed E-state index contributed by atoms with van der Waals surface area (Å²) < 4.78 is 0. The predicted octanol–water partition coefficient (Wildman–Crippen LogP) is 2.89. The summed E-state index contributed by atoms with van der Waals surface area (Å²) in [4.78, 5) is 4.21. The first-order chi connectivity index (χ1) is 5.92. The van der Waals surface area contributed by atoms with E-state index in [0.29, 0.717) is 0 Å². The second-order valence-electron chi connectivity index (χ2n) is 3.13. The largest absolute Gasteiger partial charge is 0.246 e. The zero-order valence-electron chi connectivity index (χ0n) is 7.30. The molecule has 1 heterocycles. The molecule has 0 saturated heterocycles. The third-order valence-corrected chi connectivity index (χ3v) is 2.21. The van der Waals surface area contributed by atoms with Crippen LogP contribution in [0.1, 0.15) is 26.2 Å². The Morgan fingerprint density at radius 2 is 2.42 bits per heavy atom. The summed E-state index contributed by atoms with van der Waals surface area (Å²) in [7, 11) is 0. The van der Waals surface area contributed by atoms with E-state index in [1.165, 1.54) is 24.0 Å². The first-order valence-electron chi connectivity index (χ1n) is 4.50. The fourth-order valence-electron chi connectivity index (χ4n) is 1.50. The Hall–Kier alpha value is -1.11. The molecule has 0 fully saturated rings. The minimum Gasteiger partial charge on any atom is -0.246 e. The molecule has 12 heavy (non-hydrogen) atoms. The van der Waals surface area contributed by atoms with Gasteiger partial charge in [-0.25, -0.2) is 4.99 Å². The van der Waals surface area contributed by atoms with Crippen LogP contribution in [0.25, 0.3) is 0 Å². The number of hydrogen-bond donors (Lipinski definition) is 0. The fourth-order valence-corrected chi connectivity index (χ4v) is 1.50. The molecule has 1 nitrogen and oxygen atoms in total. The van der Waals surface area contributed by atoms with Gasteiger partial charge in [0.15, 0.2) is 0 Å². The van der Waals surface area contributed by atoms with E-state index >= 15 is 0 Å². The zero-order valence-corrected chi connectivity index (χ0v) is 7.30. The molecule has 0 atom stereocenters. The molecule has 0 N–H and O–H groups in total. The molecular formula is C11H12N. The average molecular weight is 158 g/mol. The van der Waals surface area contributed by atoms with E-state index in [0.717, 1.165) is 12.1 Å². The second kappa shape index (κ2) is 3.10. The topological polar surface area (TPSA) is 12.4 Å². The molecule has 0 aromatic carbocycles. The Kier molecular flexibility index (Phi) is 1.94. The molecular weight excluding hydrogens is 146 g/mol. The minimum atomic E-state index is 1.10. The van der Waals surface area contributed by atoms with Crippen LogP contribution in [-0.2, 0) is 0 Å². The van der Waals surface area contributed by atoms with Crippen LogP contribution in [0.3, 0.4) is 0 Å². The fraction of sp³-hybridized carbons (Fsp3) is 0.364. The van der Waals surface area contributed by atoms with Crippen molar-refractivity contribution in [2.24, 2.45) is 4.99 Å². The van der Waals surface area contributed by atoms with Gasteiger partial charge < -0.3 is 0 Å². The average Bonchev–Trinajstić information content (AvgIpc) is 2.62. The molecule has 0 saturated carbocycles. The van der Waals surface area contributed by atoms with Gasteiger partial charge in [0.05, 0.1) is 11.9 Å². The molecule has 1 aliphatic carbocycles. The molecule has 1 heteroatoms. The number of aliphatic imine (C=N–C) groups is 1. The predicted molar refractivity (Wildman–Crippen MR) is 51.2 cm³/mol. The summed E-state index contributed by atoms with van der Waals surface area (Å²) in [6.45, 7) is 2.21. The molecule has 0 bridgehead atoms. The molecule has 0 unspecified atom stereocenters. The highest BCUT2D eigenvalue weighted by Crippen LogP contribution is 2.29. The summed E-state index contributed by atoms with van der Waals surface area (Å²) in [6, 6.07) is 0. The summed E-state index contributed by atoms with van der Waals surface area (Å²) >= 11 is 0. The summed E-state index contributed by atoms with van der Waals surface area (Å²) in [5, 5.41) is 0. The molecule has 0 aromatic heterocycles. The van der Waals surface area contributed by atoms with Gasteiger partial charge in [-0.3, -0.25) is 0 Å². The van der Waals surface area contributed by atoms with Crippen molar-refractivity contribution in [3.05, 3.63) is 35.1 Å². The second-order valence-corrected chi connectivity index (χ2v) is 3.13. The normalized spacial score (nSPS) is 18.9. The molecule has 61 valence electrons. The Morgan fingerprint density at radius 1 is 1.50 bits per heavy atom. The molecule has 0 spiro atoms. The Bertz CT molecular complexity index is 303. The van der Waals surface area contributed by atoms with Crippen molar-refractivity contribution < 1.29 is 0 Å². The lowest BCUT2D eigenvalue weighted by atomic mass is 10.1. The summed E-state index contributed by atoms with van der Waals surface area (Å²) in [5.41, 5.74) is 3.68. The van der Waals surface area contributed by atoms with Crippen molar-refractivity contribution in [3.8, 4) is 0 Å². The first-order valence-corrected chi connectivity index (χ1v) is 4.50. The van der Waals surface area contributed by atoms with Crippen molar-refractivity contribution in [2.75, 3.05) is 0 Å². The monoisotopic (exact) mass is 158 g/mol. The van der Waals surface area contributed by atoms with E-state index in [-0.39, 0.29) is 0 Å². The third-order valence-electron chi connectivity index (χ3n) is 2.21. The zero-order chi connectivity index (χ0) is 8.39. The Morgan fingerprint density at radius 3 is 3.25 bits per heavy atom. The maximum atomic E-state index is 4.21. The number of rotatable bonds is 3. The van der Waals surface area contributed by atoms with Gasteiger partial charge in [-0.1, -0.05) is 25.5 Å². The lowest BCUT2D eigenvalue weighted by Gasteiger charge is -1.97. The Balaban J connectivity index is 2.15. The van der Waals surface area contributed by atoms with Gasteiger partial charge >= 0.3 is 0 Å². The van der Waals surface area contributed by atoms with Crippen molar-refractivity contribution in [1.82, 2.24) is 0 Å². The van der Waals surface area contributed by atoms with Crippen LogP contribution in [0.4, 0.5) is 0 Å². The molecule has 1 radical (unpaired) electrons. The van der Waals surface area contributed by atoms with Gasteiger partial charge in [0, 0.05) is 5.57 Å². The van der Waals surface area contributed by atoms with Gasteiger partial charge in [-0.2, -0.15) is 0 Å². The lowest BCUT2D eigenvalue weighted by molar-refractivity contribution is 0.804. The van der Waals surface area contributed by atoms with E-state index in [9.17, 15) is 0 Å². The smallest absolute Gasteiger partial charge is 0.0935 e. The van der Waals surface area contributed by atoms with Crippen LogP contribution in [0.2, 0.25) is 0 Å². The van der Waals surface area contributed by atoms with Crippen LogP contribution in [0, 0.1) is 0 Å². The number of nitrogens with zero attached hydrogens (tertiary/aromatic N) is 1. The van der Waals surface area contributed by atoms with Gasteiger partial charge in [-0.05, 0) is 24.5 Å². The molecule has 0 amide bonds. The van der Waals surface area contributed by atoms with Gasteiger partial charge in [-0.15, -0.1) is 0 Å². The van der Waals surface area contributed by atoms with Gasteiger partial charge in [0.2, 0.25) is 0 Å². The highest BCUT2D eigenvalue weighted by atomic mass is 14.8. The highest BCUT2D eigenvalue weighted by Gasteiger charge is 2.15. The van der Waals surface area contributed by atoms with Crippen molar-refractivity contribution >= 4 is 6.21 Å².